The molecule has 1 heterocycles. The molecule has 0 radical (unpaired) electrons. The Labute approximate surface area is 184 Å². The van der Waals surface area contributed by atoms with E-state index in [4.69, 9.17) is 21.1 Å². The highest BCUT2D eigenvalue weighted by Crippen LogP contribution is 2.36. The van der Waals surface area contributed by atoms with Crippen molar-refractivity contribution >= 4 is 22.5 Å². The Hall–Kier alpha value is -3.51. The molecule has 7 heteroatoms. The van der Waals surface area contributed by atoms with Crippen molar-refractivity contribution in [2.45, 2.75) is 12.5 Å². The summed E-state index contributed by atoms with van der Waals surface area (Å²) in [6.07, 6.45) is 1.84. The van der Waals surface area contributed by atoms with Gasteiger partial charge in [-0.05, 0) is 47.0 Å². The van der Waals surface area contributed by atoms with Crippen molar-refractivity contribution < 1.29 is 14.4 Å². The Morgan fingerprint density at radius 1 is 1.06 bits per heavy atom. The third kappa shape index (κ3) is 4.64. The Balaban J connectivity index is 1.64. The third-order valence-electron chi connectivity index (χ3n) is 5.23. The van der Waals surface area contributed by atoms with Crippen LogP contribution in [0, 0.1) is 10.1 Å². The molecule has 0 aliphatic rings. The van der Waals surface area contributed by atoms with Crippen LogP contribution in [0.3, 0.4) is 0 Å². The number of nitrogens with one attached hydrogen (secondary N) is 1. The van der Waals surface area contributed by atoms with Crippen molar-refractivity contribution in [1.82, 2.24) is 4.98 Å². The van der Waals surface area contributed by atoms with E-state index in [1.807, 2.05) is 66.9 Å². The van der Waals surface area contributed by atoms with Gasteiger partial charge in [-0.25, -0.2) is 0 Å². The maximum Gasteiger partial charge on any atom is 0.214 e. The zero-order chi connectivity index (χ0) is 21.8. The van der Waals surface area contributed by atoms with Gasteiger partial charge in [0.2, 0.25) is 6.54 Å². The molecule has 0 unspecified atom stereocenters. The standard InChI is InChI=1S/C24H21ClN2O4/c1-30-24-12-17(8-11-23(24)31-15-16-6-9-18(25)10-7-16)21(14-27(28)29)20-13-26-22-5-3-2-4-19(20)22/h2-13,21,26H,14-15H2,1H3/t21-/m0/s1. The van der Waals surface area contributed by atoms with Gasteiger partial charge in [0.15, 0.2) is 11.5 Å². The SMILES string of the molecule is COc1cc([C@H](C[N+](=O)[O-])c2c[nH]c3ccccc23)ccc1OCc1ccc(Cl)cc1. The van der Waals surface area contributed by atoms with Crippen molar-refractivity contribution in [1.29, 1.82) is 0 Å². The molecule has 0 aliphatic carbocycles. The number of rotatable bonds is 8. The predicted molar refractivity (Wildman–Crippen MR) is 121 cm³/mol. The van der Waals surface area contributed by atoms with Crippen LogP contribution >= 0.6 is 11.6 Å². The number of nitro groups is 1. The fourth-order valence-corrected chi connectivity index (χ4v) is 3.80. The maximum absolute atomic E-state index is 11.4. The van der Waals surface area contributed by atoms with Crippen molar-refractivity contribution in [3.63, 3.8) is 0 Å². The Bertz CT molecular complexity index is 1200. The summed E-state index contributed by atoms with van der Waals surface area (Å²) in [6.45, 7) is 0.129. The first-order valence-corrected chi connectivity index (χ1v) is 10.2. The lowest BCUT2D eigenvalue weighted by Gasteiger charge is -2.17. The molecule has 0 saturated heterocycles. The molecule has 0 aliphatic heterocycles. The molecular formula is C24H21ClN2O4. The lowest BCUT2D eigenvalue weighted by atomic mass is 9.90. The summed E-state index contributed by atoms with van der Waals surface area (Å²) >= 11 is 5.93. The second-order valence-corrected chi connectivity index (χ2v) is 7.62. The Morgan fingerprint density at radius 2 is 1.84 bits per heavy atom. The van der Waals surface area contributed by atoms with Crippen LogP contribution in [0.5, 0.6) is 11.5 Å². The van der Waals surface area contributed by atoms with Crippen LogP contribution in [0.25, 0.3) is 10.9 Å². The van der Waals surface area contributed by atoms with Gasteiger partial charge in [0, 0.05) is 27.0 Å². The van der Waals surface area contributed by atoms with E-state index in [0.717, 1.165) is 27.6 Å². The van der Waals surface area contributed by atoms with Crippen molar-refractivity contribution in [2.24, 2.45) is 0 Å². The summed E-state index contributed by atoms with van der Waals surface area (Å²) < 4.78 is 11.5. The fraction of sp³-hybridized carbons (Fsp3) is 0.167. The molecule has 0 saturated carbocycles. The van der Waals surface area contributed by atoms with Crippen molar-refractivity contribution in [3.05, 3.63) is 105 Å². The van der Waals surface area contributed by atoms with Gasteiger partial charge in [-0.1, -0.05) is 48.0 Å². The number of nitrogens with zero attached hydrogens (tertiary/aromatic N) is 1. The molecule has 31 heavy (non-hydrogen) atoms. The van der Waals surface area contributed by atoms with Gasteiger partial charge in [0.05, 0.1) is 13.0 Å². The van der Waals surface area contributed by atoms with Gasteiger partial charge in [-0.2, -0.15) is 0 Å². The topological polar surface area (TPSA) is 77.4 Å². The van der Waals surface area contributed by atoms with E-state index in [-0.39, 0.29) is 11.5 Å². The van der Waals surface area contributed by atoms with E-state index in [1.54, 1.807) is 13.2 Å². The number of halogens is 1. The zero-order valence-electron chi connectivity index (χ0n) is 16.9. The summed E-state index contributed by atoms with van der Waals surface area (Å²) in [5, 5.41) is 13.1. The van der Waals surface area contributed by atoms with Crippen LogP contribution in [-0.2, 0) is 6.61 Å². The van der Waals surface area contributed by atoms with E-state index in [0.29, 0.717) is 23.1 Å². The molecule has 4 rings (SSSR count). The molecule has 0 fully saturated rings. The van der Waals surface area contributed by atoms with Gasteiger partial charge in [0.1, 0.15) is 6.61 Å². The minimum absolute atomic E-state index is 0.226. The quantitative estimate of drug-likeness (QED) is 0.279. The molecule has 1 N–H and O–H groups in total. The van der Waals surface area contributed by atoms with Crippen LogP contribution in [-0.4, -0.2) is 23.6 Å². The average molecular weight is 437 g/mol. The molecule has 4 aromatic rings. The summed E-state index contributed by atoms with van der Waals surface area (Å²) in [5.74, 6) is 0.671. The van der Waals surface area contributed by atoms with Gasteiger partial charge in [-0.3, -0.25) is 10.1 Å². The summed E-state index contributed by atoms with van der Waals surface area (Å²) in [7, 11) is 1.56. The highest BCUT2D eigenvalue weighted by Gasteiger charge is 2.24. The third-order valence-corrected chi connectivity index (χ3v) is 5.48. The number of hydrogen-bond donors (Lipinski definition) is 1. The van der Waals surface area contributed by atoms with Crippen LogP contribution in [0.1, 0.15) is 22.6 Å². The molecule has 0 amide bonds. The second-order valence-electron chi connectivity index (χ2n) is 7.18. The van der Waals surface area contributed by atoms with E-state index >= 15 is 0 Å². The van der Waals surface area contributed by atoms with E-state index < -0.39 is 5.92 Å². The summed E-state index contributed by atoms with van der Waals surface area (Å²) in [4.78, 5) is 14.4. The monoisotopic (exact) mass is 436 g/mol. The fourth-order valence-electron chi connectivity index (χ4n) is 3.68. The smallest absolute Gasteiger partial charge is 0.214 e. The van der Waals surface area contributed by atoms with Crippen LogP contribution < -0.4 is 9.47 Å². The molecule has 6 nitrogen and oxygen atoms in total. The largest absolute Gasteiger partial charge is 0.493 e. The maximum atomic E-state index is 11.4. The highest BCUT2D eigenvalue weighted by atomic mass is 35.5. The number of benzene rings is 3. The highest BCUT2D eigenvalue weighted by molar-refractivity contribution is 6.30. The number of aromatic amines is 1. The summed E-state index contributed by atoms with van der Waals surface area (Å²) in [5.41, 5.74) is 3.59. The van der Waals surface area contributed by atoms with Crippen LogP contribution in [0.15, 0.2) is 72.9 Å². The van der Waals surface area contributed by atoms with Crippen LogP contribution in [0.2, 0.25) is 5.02 Å². The Morgan fingerprint density at radius 3 is 2.58 bits per heavy atom. The minimum atomic E-state index is -0.426. The van der Waals surface area contributed by atoms with Crippen LogP contribution in [0.4, 0.5) is 0 Å². The number of fused-ring (bicyclic) bond motifs is 1. The molecule has 0 bridgehead atoms. The molecule has 1 aromatic heterocycles. The van der Waals surface area contributed by atoms with Gasteiger partial charge < -0.3 is 14.5 Å². The molecule has 3 aromatic carbocycles. The molecule has 158 valence electrons. The number of H-pyrrole nitrogens is 1. The number of ether oxygens (including phenoxy) is 2. The molecule has 1 atom stereocenters. The van der Waals surface area contributed by atoms with Gasteiger partial charge in [-0.15, -0.1) is 0 Å². The minimum Gasteiger partial charge on any atom is -0.493 e. The first-order valence-electron chi connectivity index (χ1n) is 9.78. The lowest BCUT2D eigenvalue weighted by Crippen LogP contribution is -2.14. The second kappa shape index (κ2) is 9.10. The first-order chi connectivity index (χ1) is 15.0. The summed E-state index contributed by atoms with van der Waals surface area (Å²) in [6, 6.07) is 20.7. The number of aromatic nitrogens is 1. The Kier molecular flexibility index (Phi) is 6.09. The first kappa shape index (κ1) is 20.8. The van der Waals surface area contributed by atoms with E-state index in [1.165, 1.54) is 0 Å². The molecular weight excluding hydrogens is 416 g/mol. The van der Waals surface area contributed by atoms with Gasteiger partial charge >= 0.3 is 0 Å². The van der Waals surface area contributed by atoms with Crippen molar-refractivity contribution in [3.8, 4) is 11.5 Å². The normalized spacial score (nSPS) is 11.9. The van der Waals surface area contributed by atoms with Gasteiger partial charge in [0.25, 0.3) is 0 Å². The number of methoxy groups -OCH3 is 1. The average Bonchev–Trinajstić information content (AvgIpc) is 3.21. The number of para-hydroxylation sites is 1. The molecule has 0 spiro atoms. The number of hydrogen-bond acceptors (Lipinski definition) is 4. The predicted octanol–water partition coefficient (Wildman–Crippen LogP) is 5.82. The van der Waals surface area contributed by atoms with E-state index in [2.05, 4.69) is 4.98 Å². The zero-order valence-corrected chi connectivity index (χ0v) is 17.6. The lowest BCUT2D eigenvalue weighted by molar-refractivity contribution is -0.481. The van der Waals surface area contributed by atoms with Crippen molar-refractivity contribution in [2.75, 3.05) is 13.7 Å². The van der Waals surface area contributed by atoms with E-state index in [9.17, 15) is 10.1 Å².